The average molecular weight is 333 g/mol. The van der Waals surface area contributed by atoms with Crippen molar-refractivity contribution in [3.05, 3.63) is 60.6 Å². The number of anilines is 1. The lowest BCUT2D eigenvalue weighted by Crippen LogP contribution is -2.30. The second kappa shape index (κ2) is 6.47. The van der Waals surface area contributed by atoms with Crippen molar-refractivity contribution in [1.82, 2.24) is 19.5 Å². The van der Waals surface area contributed by atoms with Gasteiger partial charge in [-0.2, -0.15) is 0 Å². The van der Waals surface area contributed by atoms with E-state index < -0.39 is 0 Å². The lowest BCUT2D eigenvalue weighted by Gasteiger charge is -2.25. The van der Waals surface area contributed by atoms with Gasteiger partial charge in [0.25, 0.3) is 0 Å². The molecule has 0 saturated carbocycles. The van der Waals surface area contributed by atoms with Gasteiger partial charge in [-0.05, 0) is 43.5 Å². The Hall–Kier alpha value is -3.02. The van der Waals surface area contributed by atoms with Crippen molar-refractivity contribution >= 4 is 11.7 Å². The second-order valence-corrected chi connectivity index (χ2v) is 6.25. The van der Waals surface area contributed by atoms with E-state index in [9.17, 15) is 4.79 Å². The molecule has 1 N–H and O–H groups in total. The first-order valence-electron chi connectivity index (χ1n) is 8.42. The van der Waals surface area contributed by atoms with Crippen LogP contribution in [-0.4, -0.2) is 25.4 Å². The molecule has 1 unspecified atom stereocenters. The summed E-state index contributed by atoms with van der Waals surface area (Å²) in [7, 11) is 0. The fourth-order valence-corrected chi connectivity index (χ4v) is 3.36. The van der Waals surface area contributed by atoms with Gasteiger partial charge in [0.2, 0.25) is 5.91 Å². The van der Waals surface area contributed by atoms with Crippen LogP contribution in [0.15, 0.2) is 49.1 Å². The normalized spacial score (nSPS) is 16.3. The van der Waals surface area contributed by atoms with Gasteiger partial charge in [0.05, 0.1) is 0 Å². The van der Waals surface area contributed by atoms with Gasteiger partial charge in [-0.25, -0.2) is 9.97 Å². The summed E-state index contributed by atoms with van der Waals surface area (Å²) < 4.78 is 2.05. The first-order valence-corrected chi connectivity index (χ1v) is 8.42. The van der Waals surface area contributed by atoms with E-state index >= 15 is 0 Å². The molecular formula is C19H19N5O. The Labute approximate surface area is 146 Å². The summed E-state index contributed by atoms with van der Waals surface area (Å²) in [5.74, 6) is 1.50. The molecule has 6 heteroatoms. The number of pyridine rings is 2. The Kier molecular flexibility index (Phi) is 4.01. The van der Waals surface area contributed by atoms with Crippen LogP contribution in [0.2, 0.25) is 0 Å². The van der Waals surface area contributed by atoms with Crippen molar-refractivity contribution in [3.63, 3.8) is 0 Å². The maximum absolute atomic E-state index is 12.8. The lowest BCUT2D eigenvalue weighted by atomic mass is 10.0. The summed E-state index contributed by atoms with van der Waals surface area (Å²) in [6.45, 7) is 1.99. The molecule has 4 rings (SSSR count). The molecule has 0 radical (unpaired) electrons. The van der Waals surface area contributed by atoms with Crippen molar-refractivity contribution < 1.29 is 4.79 Å². The number of aryl methyl sites for hydroxylation is 2. The van der Waals surface area contributed by atoms with Crippen LogP contribution in [0.4, 0.5) is 5.82 Å². The molecule has 25 heavy (non-hydrogen) atoms. The topological polar surface area (TPSA) is 72.7 Å². The highest BCUT2D eigenvalue weighted by Crippen LogP contribution is 2.27. The number of imidazole rings is 1. The number of nitrogens with zero attached hydrogens (tertiary/aromatic N) is 4. The van der Waals surface area contributed by atoms with Crippen molar-refractivity contribution in [3.8, 4) is 11.1 Å². The number of hydrogen-bond donors (Lipinski definition) is 1. The molecule has 0 bridgehead atoms. The molecule has 3 aromatic heterocycles. The predicted molar refractivity (Wildman–Crippen MR) is 95.0 cm³/mol. The summed E-state index contributed by atoms with van der Waals surface area (Å²) in [6.07, 6.45) is 9.78. The molecule has 6 nitrogen and oxygen atoms in total. The van der Waals surface area contributed by atoms with E-state index in [2.05, 4.69) is 20.3 Å². The van der Waals surface area contributed by atoms with Crippen LogP contribution >= 0.6 is 0 Å². The number of hydrogen-bond acceptors (Lipinski definition) is 4. The van der Waals surface area contributed by atoms with Crippen LogP contribution < -0.4 is 5.32 Å². The smallest absolute Gasteiger partial charge is 0.248 e. The van der Waals surface area contributed by atoms with Gasteiger partial charge in [-0.15, -0.1) is 0 Å². The van der Waals surface area contributed by atoms with Crippen LogP contribution in [0.3, 0.4) is 0 Å². The first-order chi connectivity index (χ1) is 12.2. The monoisotopic (exact) mass is 333 g/mol. The van der Waals surface area contributed by atoms with E-state index in [1.165, 1.54) is 0 Å². The maximum Gasteiger partial charge on any atom is 0.248 e. The molecule has 0 aliphatic carbocycles. The van der Waals surface area contributed by atoms with E-state index in [1.807, 2.05) is 42.0 Å². The van der Waals surface area contributed by atoms with Crippen molar-refractivity contribution in [2.75, 3.05) is 5.32 Å². The zero-order valence-electron chi connectivity index (χ0n) is 14.0. The Bertz CT molecular complexity index is 903. The number of carbonyl (C=O) groups is 1. The third-order valence-corrected chi connectivity index (χ3v) is 4.56. The van der Waals surface area contributed by atoms with Gasteiger partial charge in [-0.3, -0.25) is 9.78 Å². The third kappa shape index (κ3) is 3.03. The molecule has 0 spiro atoms. The summed E-state index contributed by atoms with van der Waals surface area (Å²) in [4.78, 5) is 25.7. The molecule has 0 aromatic carbocycles. The predicted octanol–water partition coefficient (Wildman–Crippen LogP) is 3.16. The SMILES string of the molecule is Cc1cnc2n1C(C(=O)Nc1cc(-c3cccnc3)ccn1)CCC2. The molecule has 126 valence electrons. The molecular weight excluding hydrogens is 314 g/mol. The van der Waals surface area contributed by atoms with Crippen LogP contribution in [0.5, 0.6) is 0 Å². The van der Waals surface area contributed by atoms with E-state index in [4.69, 9.17) is 0 Å². The number of amides is 1. The van der Waals surface area contributed by atoms with E-state index in [-0.39, 0.29) is 11.9 Å². The lowest BCUT2D eigenvalue weighted by molar-refractivity contribution is -0.119. The Morgan fingerprint density at radius 2 is 2.12 bits per heavy atom. The fraction of sp³-hybridized carbons (Fsp3) is 0.263. The molecule has 1 aliphatic rings. The zero-order valence-corrected chi connectivity index (χ0v) is 14.0. The van der Waals surface area contributed by atoms with E-state index in [0.29, 0.717) is 5.82 Å². The van der Waals surface area contributed by atoms with Gasteiger partial charge in [0, 0.05) is 42.5 Å². The summed E-state index contributed by atoms with van der Waals surface area (Å²) in [5.41, 5.74) is 2.99. The second-order valence-electron chi connectivity index (χ2n) is 6.25. The van der Waals surface area contributed by atoms with Crippen molar-refractivity contribution in [1.29, 1.82) is 0 Å². The van der Waals surface area contributed by atoms with E-state index in [1.54, 1.807) is 18.6 Å². The van der Waals surface area contributed by atoms with Crippen molar-refractivity contribution in [2.45, 2.75) is 32.2 Å². The van der Waals surface area contributed by atoms with Crippen LogP contribution in [0.25, 0.3) is 11.1 Å². The first kappa shape index (κ1) is 15.5. The van der Waals surface area contributed by atoms with Crippen LogP contribution in [0, 0.1) is 6.92 Å². The van der Waals surface area contributed by atoms with Gasteiger partial charge in [0.15, 0.2) is 0 Å². The minimum atomic E-state index is -0.227. The number of rotatable bonds is 3. The Morgan fingerprint density at radius 3 is 2.96 bits per heavy atom. The molecule has 3 aromatic rings. The Balaban J connectivity index is 1.57. The van der Waals surface area contributed by atoms with Gasteiger partial charge < -0.3 is 9.88 Å². The number of aromatic nitrogens is 4. The highest BCUT2D eigenvalue weighted by molar-refractivity contribution is 5.93. The molecule has 4 heterocycles. The quantitative estimate of drug-likeness (QED) is 0.799. The standard InChI is InChI=1S/C19H19N5O/c1-13-11-22-18-6-2-5-16(24(13)18)19(25)23-17-10-14(7-9-21-17)15-4-3-8-20-12-15/h3-4,7-12,16H,2,5-6H2,1H3,(H,21,23,25). The minimum Gasteiger partial charge on any atom is -0.320 e. The van der Waals surface area contributed by atoms with Gasteiger partial charge in [0.1, 0.15) is 17.7 Å². The fourth-order valence-electron chi connectivity index (χ4n) is 3.36. The zero-order chi connectivity index (χ0) is 17.2. The van der Waals surface area contributed by atoms with E-state index in [0.717, 1.165) is 41.9 Å². The molecule has 0 fully saturated rings. The summed E-state index contributed by atoms with van der Waals surface area (Å²) in [6, 6.07) is 7.43. The molecule has 1 amide bonds. The minimum absolute atomic E-state index is 0.0436. The van der Waals surface area contributed by atoms with Gasteiger partial charge in [-0.1, -0.05) is 6.07 Å². The molecule has 1 aliphatic heterocycles. The molecule has 1 atom stereocenters. The molecule has 0 saturated heterocycles. The maximum atomic E-state index is 12.8. The summed E-state index contributed by atoms with van der Waals surface area (Å²) in [5, 5.41) is 2.96. The highest BCUT2D eigenvalue weighted by atomic mass is 16.2. The average Bonchev–Trinajstić information content (AvgIpc) is 3.04. The van der Waals surface area contributed by atoms with Crippen molar-refractivity contribution in [2.24, 2.45) is 0 Å². The highest BCUT2D eigenvalue weighted by Gasteiger charge is 2.28. The number of carbonyl (C=O) groups excluding carboxylic acids is 1. The van der Waals surface area contributed by atoms with Gasteiger partial charge >= 0.3 is 0 Å². The third-order valence-electron chi connectivity index (χ3n) is 4.56. The Morgan fingerprint density at radius 1 is 1.20 bits per heavy atom. The van der Waals surface area contributed by atoms with Crippen LogP contribution in [0.1, 0.15) is 30.4 Å². The van der Waals surface area contributed by atoms with Crippen LogP contribution in [-0.2, 0) is 11.2 Å². The number of fused-ring (bicyclic) bond motifs is 1. The summed E-state index contributed by atoms with van der Waals surface area (Å²) >= 11 is 0. The number of nitrogens with one attached hydrogen (secondary N) is 1. The largest absolute Gasteiger partial charge is 0.320 e.